The minimum absolute atomic E-state index is 0.111. The van der Waals surface area contributed by atoms with Gasteiger partial charge in [-0.05, 0) is 36.2 Å². The standard InChI is InChI=1S/C11H15BrN6O/c1-4-5-19-11-15-9(13)14-10(16-11)18-7(3)8(12)6(2)17-18/h4-5H2,1-3H3,(H2,13,14,15,16). The first-order valence-corrected chi connectivity index (χ1v) is 6.68. The van der Waals surface area contributed by atoms with Gasteiger partial charge in [0.25, 0.3) is 5.95 Å². The fourth-order valence-electron chi connectivity index (χ4n) is 1.53. The minimum Gasteiger partial charge on any atom is -0.463 e. The van der Waals surface area contributed by atoms with Crippen LogP contribution in [0.4, 0.5) is 5.95 Å². The van der Waals surface area contributed by atoms with Gasteiger partial charge in [-0.15, -0.1) is 0 Å². The second kappa shape index (κ2) is 5.52. The van der Waals surface area contributed by atoms with Gasteiger partial charge in [0.05, 0.1) is 22.5 Å². The summed E-state index contributed by atoms with van der Waals surface area (Å²) in [5.74, 6) is 0.463. The van der Waals surface area contributed by atoms with Gasteiger partial charge in [-0.3, -0.25) is 0 Å². The molecule has 7 nitrogen and oxygen atoms in total. The van der Waals surface area contributed by atoms with Crippen molar-refractivity contribution in [1.29, 1.82) is 0 Å². The highest BCUT2D eigenvalue weighted by Gasteiger charge is 2.14. The summed E-state index contributed by atoms with van der Waals surface area (Å²) in [6.07, 6.45) is 0.867. The van der Waals surface area contributed by atoms with Gasteiger partial charge in [-0.25, -0.2) is 4.68 Å². The average molecular weight is 327 g/mol. The summed E-state index contributed by atoms with van der Waals surface area (Å²) in [7, 11) is 0. The van der Waals surface area contributed by atoms with E-state index in [9.17, 15) is 0 Å². The molecule has 0 aliphatic heterocycles. The van der Waals surface area contributed by atoms with Crippen molar-refractivity contribution >= 4 is 21.9 Å². The Morgan fingerprint density at radius 1 is 1.26 bits per heavy atom. The molecule has 8 heteroatoms. The van der Waals surface area contributed by atoms with Crippen LogP contribution >= 0.6 is 15.9 Å². The molecule has 0 aromatic carbocycles. The molecule has 0 saturated carbocycles. The molecular formula is C11H15BrN6O. The molecule has 0 spiro atoms. The number of nitrogens with zero attached hydrogens (tertiary/aromatic N) is 5. The lowest BCUT2D eigenvalue weighted by Crippen LogP contribution is -2.11. The van der Waals surface area contributed by atoms with E-state index >= 15 is 0 Å². The van der Waals surface area contributed by atoms with Crippen LogP contribution in [-0.4, -0.2) is 31.3 Å². The quantitative estimate of drug-likeness (QED) is 0.921. The molecule has 0 amide bonds. The normalized spacial score (nSPS) is 10.7. The molecule has 0 fully saturated rings. The number of nitrogen functional groups attached to an aromatic ring is 1. The Hall–Kier alpha value is -1.70. The van der Waals surface area contributed by atoms with Gasteiger partial charge in [-0.1, -0.05) is 6.92 Å². The second-order valence-corrected chi connectivity index (χ2v) is 4.81. The SMILES string of the molecule is CCCOc1nc(N)nc(-n2nc(C)c(Br)c2C)n1. The number of hydrogen-bond acceptors (Lipinski definition) is 6. The number of aromatic nitrogens is 5. The van der Waals surface area contributed by atoms with E-state index in [1.807, 2.05) is 20.8 Å². The molecule has 0 bridgehead atoms. The third-order valence-corrected chi connectivity index (χ3v) is 3.60. The lowest BCUT2D eigenvalue weighted by molar-refractivity contribution is 0.291. The van der Waals surface area contributed by atoms with Crippen LogP contribution in [0, 0.1) is 13.8 Å². The van der Waals surface area contributed by atoms with Gasteiger partial charge >= 0.3 is 6.01 Å². The van der Waals surface area contributed by atoms with E-state index in [-0.39, 0.29) is 12.0 Å². The van der Waals surface area contributed by atoms with Gasteiger partial charge in [0.1, 0.15) is 0 Å². The molecule has 0 atom stereocenters. The Labute approximate surface area is 119 Å². The molecule has 0 aliphatic carbocycles. The first-order chi connectivity index (χ1) is 9.02. The van der Waals surface area contributed by atoms with Crippen LogP contribution in [0.5, 0.6) is 6.01 Å². The van der Waals surface area contributed by atoms with Crippen molar-refractivity contribution in [2.75, 3.05) is 12.3 Å². The van der Waals surface area contributed by atoms with Crippen molar-refractivity contribution in [3.8, 4) is 12.0 Å². The summed E-state index contributed by atoms with van der Waals surface area (Å²) in [4.78, 5) is 12.2. The number of aryl methyl sites for hydroxylation is 1. The number of hydrogen-bond donors (Lipinski definition) is 1. The fraction of sp³-hybridized carbons (Fsp3) is 0.455. The molecule has 0 unspecified atom stereocenters. The van der Waals surface area contributed by atoms with Gasteiger partial charge < -0.3 is 10.5 Å². The first kappa shape index (κ1) is 13.7. The number of ether oxygens (including phenoxy) is 1. The Bertz CT molecular complexity index is 597. The molecule has 2 N–H and O–H groups in total. The van der Waals surface area contributed by atoms with Gasteiger partial charge in [0.2, 0.25) is 5.95 Å². The van der Waals surface area contributed by atoms with Crippen molar-refractivity contribution in [3.05, 3.63) is 15.9 Å². The van der Waals surface area contributed by atoms with Crippen LogP contribution in [0.2, 0.25) is 0 Å². The molecule has 0 aliphatic rings. The third-order valence-electron chi connectivity index (χ3n) is 2.45. The predicted octanol–water partition coefficient (Wildman–Crippen LogP) is 1.81. The van der Waals surface area contributed by atoms with E-state index in [1.54, 1.807) is 4.68 Å². The Morgan fingerprint density at radius 3 is 2.58 bits per heavy atom. The van der Waals surface area contributed by atoms with E-state index in [4.69, 9.17) is 10.5 Å². The zero-order valence-corrected chi connectivity index (χ0v) is 12.6. The van der Waals surface area contributed by atoms with Crippen LogP contribution in [0.15, 0.2) is 4.47 Å². The minimum atomic E-state index is 0.111. The average Bonchev–Trinajstić information content (AvgIpc) is 2.63. The van der Waals surface area contributed by atoms with Gasteiger partial charge in [0.15, 0.2) is 0 Å². The number of anilines is 1. The summed E-state index contributed by atoms with van der Waals surface area (Å²) in [6.45, 7) is 6.34. The monoisotopic (exact) mass is 326 g/mol. The zero-order valence-electron chi connectivity index (χ0n) is 11.0. The fourth-order valence-corrected chi connectivity index (χ4v) is 1.78. The van der Waals surface area contributed by atoms with Crippen molar-refractivity contribution < 1.29 is 4.74 Å². The van der Waals surface area contributed by atoms with Crippen LogP contribution in [0.25, 0.3) is 5.95 Å². The molecule has 2 aromatic rings. The van der Waals surface area contributed by atoms with Crippen molar-refractivity contribution in [2.45, 2.75) is 27.2 Å². The largest absolute Gasteiger partial charge is 0.463 e. The first-order valence-electron chi connectivity index (χ1n) is 5.89. The molecule has 19 heavy (non-hydrogen) atoms. The highest BCUT2D eigenvalue weighted by atomic mass is 79.9. The number of nitrogens with two attached hydrogens (primary N) is 1. The second-order valence-electron chi connectivity index (χ2n) is 4.02. The van der Waals surface area contributed by atoms with Crippen molar-refractivity contribution in [3.63, 3.8) is 0 Å². The van der Waals surface area contributed by atoms with E-state index in [0.29, 0.717) is 12.6 Å². The maximum Gasteiger partial charge on any atom is 0.323 e. The molecule has 2 rings (SSSR count). The van der Waals surface area contributed by atoms with E-state index in [1.165, 1.54) is 0 Å². The lowest BCUT2D eigenvalue weighted by atomic mass is 10.4. The Morgan fingerprint density at radius 2 is 2.00 bits per heavy atom. The summed E-state index contributed by atoms with van der Waals surface area (Å²) >= 11 is 3.46. The number of rotatable bonds is 4. The predicted molar refractivity (Wildman–Crippen MR) is 74.3 cm³/mol. The maximum atomic E-state index is 5.67. The van der Waals surface area contributed by atoms with Crippen LogP contribution < -0.4 is 10.5 Å². The highest BCUT2D eigenvalue weighted by Crippen LogP contribution is 2.22. The van der Waals surface area contributed by atoms with Gasteiger partial charge in [-0.2, -0.15) is 20.1 Å². The third kappa shape index (κ3) is 2.83. The van der Waals surface area contributed by atoms with Gasteiger partial charge in [0, 0.05) is 0 Å². The van der Waals surface area contributed by atoms with Crippen LogP contribution in [0.1, 0.15) is 24.7 Å². The van der Waals surface area contributed by atoms with E-state index in [0.717, 1.165) is 22.3 Å². The topological polar surface area (TPSA) is 91.7 Å². The number of halogens is 1. The summed E-state index contributed by atoms with van der Waals surface area (Å²) < 4.78 is 7.91. The smallest absolute Gasteiger partial charge is 0.323 e. The van der Waals surface area contributed by atoms with Crippen LogP contribution in [-0.2, 0) is 0 Å². The van der Waals surface area contributed by atoms with E-state index in [2.05, 4.69) is 36.0 Å². The maximum absolute atomic E-state index is 5.67. The molecule has 0 radical (unpaired) electrons. The summed E-state index contributed by atoms with van der Waals surface area (Å²) in [5, 5.41) is 4.35. The van der Waals surface area contributed by atoms with Crippen LogP contribution in [0.3, 0.4) is 0 Å². The lowest BCUT2D eigenvalue weighted by Gasteiger charge is -2.06. The molecule has 0 saturated heterocycles. The molecular weight excluding hydrogens is 312 g/mol. The Balaban J connectivity index is 2.43. The molecule has 2 aromatic heterocycles. The summed E-state index contributed by atoms with van der Waals surface area (Å²) in [6, 6.07) is 0.216. The highest BCUT2D eigenvalue weighted by molar-refractivity contribution is 9.10. The van der Waals surface area contributed by atoms with Crippen molar-refractivity contribution in [1.82, 2.24) is 24.7 Å². The zero-order chi connectivity index (χ0) is 14.0. The summed E-state index contributed by atoms with van der Waals surface area (Å²) in [5.41, 5.74) is 7.42. The van der Waals surface area contributed by atoms with E-state index < -0.39 is 0 Å². The molecule has 102 valence electrons. The molecule has 2 heterocycles. The Kier molecular flexibility index (Phi) is 3.98. The van der Waals surface area contributed by atoms with Crippen molar-refractivity contribution in [2.24, 2.45) is 0 Å².